The van der Waals surface area contributed by atoms with Crippen LogP contribution >= 0.6 is 7.82 Å². The van der Waals surface area contributed by atoms with Crippen molar-refractivity contribution in [3.8, 4) is 0 Å². The van der Waals surface area contributed by atoms with Crippen LogP contribution in [0.2, 0.25) is 0 Å². The van der Waals surface area contributed by atoms with E-state index in [0.717, 1.165) is 135 Å². The van der Waals surface area contributed by atoms with Gasteiger partial charge in [-0.05, 0) is 116 Å². The van der Waals surface area contributed by atoms with Gasteiger partial charge in [0.05, 0.1) is 19.8 Å². The smallest absolute Gasteiger partial charge is 0.462 e. The van der Waals surface area contributed by atoms with Crippen LogP contribution < -0.4 is 0 Å². The van der Waals surface area contributed by atoms with E-state index in [1.807, 2.05) is 0 Å². The Bertz CT molecular complexity index is 1640. The maximum absolute atomic E-state index is 12.9. The monoisotopic (exact) mass is 1080 g/mol. The van der Waals surface area contributed by atoms with E-state index in [4.69, 9.17) is 23.3 Å². The fourth-order valence-corrected chi connectivity index (χ4v) is 8.67. The number of allylic oxidation sites excluding steroid dienone is 16. The van der Waals surface area contributed by atoms with E-state index >= 15 is 0 Å². The van der Waals surface area contributed by atoms with Gasteiger partial charge in [-0.15, -0.1) is 0 Å². The molecule has 0 bridgehead atoms. The summed E-state index contributed by atoms with van der Waals surface area (Å²) in [7, 11) is -4.77. The first-order valence-electron chi connectivity index (χ1n) is 30.1. The number of hydrogen-bond donors (Lipinski definition) is 2. The molecule has 3 unspecified atom stereocenters. The highest BCUT2D eigenvalue weighted by molar-refractivity contribution is 7.47. The molecule has 0 spiro atoms. The summed E-state index contributed by atoms with van der Waals surface area (Å²) in [5, 5.41) is 9.82. The van der Waals surface area contributed by atoms with Crippen molar-refractivity contribution in [3.05, 3.63) is 97.2 Å². The van der Waals surface area contributed by atoms with Crippen molar-refractivity contribution >= 4 is 25.7 Å². The Balaban J connectivity index is 4.80. The minimum Gasteiger partial charge on any atom is -0.462 e. The van der Waals surface area contributed by atoms with Crippen LogP contribution in [-0.4, -0.2) is 66.5 Å². The summed E-state index contributed by atoms with van der Waals surface area (Å²) in [6.07, 6.45) is 67.9. The van der Waals surface area contributed by atoms with E-state index in [-0.39, 0.29) is 25.9 Å². The van der Waals surface area contributed by atoms with Gasteiger partial charge in [-0.1, -0.05) is 214 Å². The molecule has 0 radical (unpaired) electrons. The lowest BCUT2D eigenvalue weighted by molar-refractivity contribution is -0.161. The van der Waals surface area contributed by atoms with Gasteiger partial charge < -0.3 is 24.2 Å². The number of ether oxygens (including phenoxy) is 3. The first-order valence-corrected chi connectivity index (χ1v) is 31.6. The maximum Gasteiger partial charge on any atom is 0.472 e. The van der Waals surface area contributed by atoms with Crippen LogP contribution in [0, 0.1) is 0 Å². The van der Waals surface area contributed by atoms with Gasteiger partial charge in [0, 0.05) is 19.3 Å². The van der Waals surface area contributed by atoms with Crippen molar-refractivity contribution in [2.24, 2.45) is 0 Å². The van der Waals surface area contributed by atoms with Crippen LogP contribution in [0.5, 0.6) is 0 Å². The predicted molar refractivity (Wildman–Crippen MR) is 316 cm³/mol. The summed E-state index contributed by atoms with van der Waals surface area (Å²) in [5.41, 5.74) is 0. The van der Waals surface area contributed by atoms with Gasteiger partial charge in [0.2, 0.25) is 0 Å². The standard InChI is InChI=1S/C64H109O11P/c1-4-7-10-13-16-19-22-25-27-29-30-32-33-36-38-41-44-47-50-53-62(66)71-57-61(75-64(68)55-52-49-46-43-40-37-34-31-28-26-23-20-17-14-11-8-5-2)59-73-76(69,70)72-58-60(56-65)74-63(67)54-51-48-45-42-39-35-24-21-18-15-12-9-6-3/h7,10,12,15-16,19,21,24-28,30,32,36,38,60-61,65H,4-6,8-9,11,13-14,17-18,20,22-23,29,31,33-35,37,39-59H2,1-3H3,(H,69,70)/b10-7-,15-12-,19-16-,24-21-,27-25-,28-26-,32-30-,38-36-. The van der Waals surface area contributed by atoms with Crippen LogP contribution in [0.25, 0.3) is 0 Å². The molecule has 0 aromatic rings. The molecule has 0 fully saturated rings. The van der Waals surface area contributed by atoms with Gasteiger partial charge in [0.25, 0.3) is 0 Å². The first-order chi connectivity index (χ1) is 37.2. The summed E-state index contributed by atoms with van der Waals surface area (Å²) in [6.45, 7) is 4.41. The number of phosphoric ester groups is 1. The van der Waals surface area contributed by atoms with Gasteiger partial charge in [0.15, 0.2) is 6.10 Å². The molecule has 3 atom stereocenters. The van der Waals surface area contributed by atoms with Crippen LogP contribution in [0.4, 0.5) is 0 Å². The van der Waals surface area contributed by atoms with Crippen molar-refractivity contribution in [1.29, 1.82) is 0 Å². The number of hydrogen-bond acceptors (Lipinski definition) is 10. The molecule has 2 N–H and O–H groups in total. The van der Waals surface area contributed by atoms with Crippen molar-refractivity contribution in [3.63, 3.8) is 0 Å². The van der Waals surface area contributed by atoms with E-state index < -0.39 is 57.8 Å². The van der Waals surface area contributed by atoms with Gasteiger partial charge in [-0.2, -0.15) is 0 Å². The highest BCUT2D eigenvalue weighted by Crippen LogP contribution is 2.43. The molecule has 0 aliphatic carbocycles. The fraction of sp³-hybridized carbons (Fsp3) is 0.703. The minimum absolute atomic E-state index is 0.150. The number of unbranched alkanes of at least 4 members (excludes halogenated alkanes) is 22. The van der Waals surface area contributed by atoms with Crippen LogP contribution in [0.15, 0.2) is 97.2 Å². The predicted octanol–water partition coefficient (Wildman–Crippen LogP) is 18.0. The second-order valence-electron chi connectivity index (χ2n) is 19.8. The normalized spacial score (nSPS) is 14.0. The zero-order chi connectivity index (χ0) is 55.5. The number of aliphatic hydroxyl groups is 1. The lowest BCUT2D eigenvalue weighted by Crippen LogP contribution is -2.30. The minimum atomic E-state index is -4.77. The van der Waals surface area contributed by atoms with E-state index in [0.29, 0.717) is 19.3 Å². The van der Waals surface area contributed by atoms with Gasteiger partial charge in [-0.25, -0.2) is 4.57 Å². The first kappa shape index (κ1) is 72.4. The third kappa shape index (κ3) is 55.2. The van der Waals surface area contributed by atoms with Crippen LogP contribution in [0.3, 0.4) is 0 Å². The molecule has 0 aliphatic rings. The number of carbonyl (C=O) groups is 3. The number of esters is 3. The molecular weight excluding hydrogens is 976 g/mol. The molecule has 0 saturated heterocycles. The Morgan fingerprint density at radius 1 is 0.382 bits per heavy atom. The van der Waals surface area contributed by atoms with Crippen LogP contribution in [-0.2, 0) is 42.2 Å². The molecular formula is C64H109O11P. The fourth-order valence-electron chi connectivity index (χ4n) is 7.89. The molecule has 0 amide bonds. The second-order valence-corrected chi connectivity index (χ2v) is 21.2. The number of phosphoric acid groups is 1. The molecule has 12 heteroatoms. The Kier molecular flexibility index (Phi) is 54.8. The van der Waals surface area contributed by atoms with E-state index in [1.165, 1.54) is 57.8 Å². The Labute approximate surface area is 463 Å². The van der Waals surface area contributed by atoms with Gasteiger partial charge in [0.1, 0.15) is 12.7 Å². The van der Waals surface area contributed by atoms with Crippen molar-refractivity contribution in [1.82, 2.24) is 0 Å². The van der Waals surface area contributed by atoms with Crippen molar-refractivity contribution < 1.29 is 52.2 Å². The van der Waals surface area contributed by atoms with Crippen molar-refractivity contribution in [2.45, 2.75) is 264 Å². The highest BCUT2D eigenvalue weighted by Gasteiger charge is 2.28. The van der Waals surface area contributed by atoms with Gasteiger partial charge >= 0.3 is 25.7 Å². The lowest BCUT2D eigenvalue weighted by Gasteiger charge is -2.21. The van der Waals surface area contributed by atoms with Crippen LogP contribution in [0.1, 0.15) is 252 Å². The molecule has 0 heterocycles. The van der Waals surface area contributed by atoms with E-state index in [9.17, 15) is 28.9 Å². The summed E-state index contributed by atoms with van der Waals surface area (Å²) in [5.74, 6) is -1.52. The largest absolute Gasteiger partial charge is 0.472 e. The third-order valence-corrected chi connectivity index (χ3v) is 13.4. The zero-order valence-corrected chi connectivity index (χ0v) is 49.1. The number of carbonyl (C=O) groups excluding carboxylic acids is 3. The van der Waals surface area contributed by atoms with Crippen molar-refractivity contribution in [2.75, 3.05) is 26.4 Å². The van der Waals surface area contributed by atoms with E-state index in [2.05, 4.69) is 118 Å². The topological polar surface area (TPSA) is 155 Å². The van der Waals surface area contributed by atoms with E-state index in [1.54, 1.807) is 0 Å². The molecule has 0 rings (SSSR count). The van der Waals surface area contributed by atoms with Gasteiger partial charge in [-0.3, -0.25) is 23.4 Å². The summed E-state index contributed by atoms with van der Waals surface area (Å²) in [6, 6.07) is 0. The lowest BCUT2D eigenvalue weighted by atomic mass is 10.1. The molecule has 0 aliphatic heterocycles. The average molecular weight is 1090 g/mol. The average Bonchev–Trinajstić information content (AvgIpc) is 3.41. The number of aliphatic hydroxyl groups excluding tert-OH is 1. The maximum atomic E-state index is 12.9. The molecule has 0 aromatic heterocycles. The highest BCUT2D eigenvalue weighted by atomic mass is 31.2. The zero-order valence-electron chi connectivity index (χ0n) is 48.2. The molecule has 76 heavy (non-hydrogen) atoms. The Hall–Kier alpha value is -3.60. The third-order valence-electron chi connectivity index (χ3n) is 12.4. The number of rotatable bonds is 55. The molecule has 0 saturated carbocycles. The summed E-state index contributed by atoms with van der Waals surface area (Å²) >= 11 is 0. The SMILES string of the molecule is CC/C=C\C/C=C\C/C=C\C/C=C\C/C=C\CCCCCC(=O)OCC(COP(=O)(O)OCC(CO)OC(=O)CCCCCCC/C=C\C/C=C\CCC)OC(=O)CCCCCCCCC/C=C\CCCCCCCC. The molecule has 436 valence electrons. The Morgan fingerprint density at radius 3 is 1.13 bits per heavy atom. The summed E-state index contributed by atoms with van der Waals surface area (Å²) < 4.78 is 39.5. The quantitative estimate of drug-likeness (QED) is 0.0197. The Morgan fingerprint density at radius 2 is 0.711 bits per heavy atom. The molecule has 0 aromatic carbocycles. The summed E-state index contributed by atoms with van der Waals surface area (Å²) in [4.78, 5) is 48.6. The second kappa shape index (κ2) is 57.6. The molecule has 11 nitrogen and oxygen atoms in total.